The molecule has 142 valence electrons. The van der Waals surface area contributed by atoms with Gasteiger partial charge in [0, 0.05) is 17.1 Å². The van der Waals surface area contributed by atoms with Crippen LogP contribution in [0.1, 0.15) is 11.7 Å². The number of ether oxygens (including phenoxy) is 3. The smallest absolute Gasteiger partial charge is 0.267 e. The van der Waals surface area contributed by atoms with Crippen LogP contribution in [0.3, 0.4) is 0 Å². The van der Waals surface area contributed by atoms with Crippen molar-refractivity contribution in [2.24, 2.45) is 0 Å². The number of halogens is 3. The van der Waals surface area contributed by atoms with Crippen molar-refractivity contribution in [3.8, 4) is 11.5 Å². The molecule has 0 bridgehead atoms. The molecule has 8 heteroatoms. The maximum absolute atomic E-state index is 13.8. The molecule has 2 aliphatic rings. The Morgan fingerprint density at radius 2 is 1.93 bits per heavy atom. The van der Waals surface area contributed by atoms with Gasteiger partial charge in [0.25, 0.3) is 5.91 Å². The number of amides is 1. The van der Waals surface area contributed by atoms with Crippen molar-refractivity contribution in [1.82, 2.24) is 4.90 Å². The van der Waals surface area contributed by atoms with Crippen molar-refractivity contribution in [3.63, 3.8) is 0 Å². The van der Waals surface area contributed by atoms with Crippen LogP contribution >= 0.6 is 23.2 Å². The molecule has 0 N–H and O–H groups in total. The summed E-state index contributed by atoms with van der Waals surface area (Å²) >= 11 is 11.9. The van der Waals surface area contributed by atoms with Crippen molar-refractivity contribution in [3.05, 3.63) is 57.8 Å². The lowest BCUT2D eigenvalue weighted by molar-refractivity contribution is -0.148. The van der Waals surface area contributed by atoms with E-state index in [4.69, 9.17) is 37.4 Å². The summed E-state index contributed by atoms with van der Waals surface area (Å²) in [4.78, 5) is 14.5. The summed E-state index contributed by atoms with van der Waals surface area (Å²) in [6, 6.07) is 9.79. The van der Waals surface area contributed by atoms with E-state index in [1.807, 2.05) is 12.1 Å². The lowest BCUT2D eigenvalue weighted by Crippen LogP contribution is -2.50. The first-order chi connectivity index (χ1) is 13.0. The van der Waals surface area contributed by atoms with Gasteiger partial charge in [-0.1, -0.05) is 35.3 Å². The van der Waals surface area contributed by atoms with Crippen molar-refractivity contribution < 1.29 is 23.4 Å². The second-order valence-corrected chi connectivity index (χ2v) is 7.11. The van der Waals surface area contributed by atoms with Crippen LogP contribution in [0.15, 0.2) is 36.4 Å². The fourth-order valence-corrected chi connectivity index (χ4v) is 3.67. The molecule has 2 atom stereocenters. The molecule has 1 saturated heterocycles. The molecular formula is C19H16Cl2FNO4. The molecule has 2 heterocycles. The van der Waals surface area contributed by atoms with Gasteiger partial charge >= 0.3 is 0 Å². The van der Waals surface area contributed by atoms with Crippen LogP contribution in [0, 0.1) is 5.82 Å². The van der Waals surface area contributed by atoms with Gasteiger partial charge in [-0.25, -0.2) is 4.39 Å². The molecular weight excluding hydrogens is 396 g/mol. The van der Waals surface area contributed by atoms with Crippen LogP contribution in [0.5, 0.6) is 11.5 Å². The summed E-state index contributed by atoms with van der Waals surface area (Å²) in [5.74, 6) is 0.367. The second-order valence-electron chi connectivity index (χ2n) is 6.30. The van der Waals surface area contributed by atoms with Crippen LogP contribution < -0.4 is 9.47 Å². The average Bonchev–Trinajstić information content (AvgIpc) is 2.70. The Morgan fingerprint density at radius 3 is 2.74 bits per heavy atom. The Morgan fingerprint density at radius 1 is 1.15 bits per heavy atom. The number of nitrogens with zero attached hydrogens (tertiary/aromatic N) is 1. The minimum Gasteiger partial charge on any atom is -0.485 e. The highest BCUT2D eigenvalue weighted by molar-refractivity contribution is 6.35. The molecule has 0 spiro atoms. The van der Waals surface area contributed by atoms with Crippen LogP contribution in [0.2, 0.25) is 10.0 Å². The Kier molecular flexibility index (Phi) is 5.12. The summed E-state index contributed by atoms with van der Waals surface area (Å²) in [5, 5.41) is 0.241. The lowest BCUT2D eigenvalue weighted by atomic mass is 10.1. The first-order valence-electron chi connectivity index (χ1n) is 8.46. The third-order valence-electron chi connectivity index (χ3n) is 4.55. The lowest BCUT2D eigenvalue weighted by Gasteiger charge is -2.36. The minimum atomic E-state index is -0.740. The minimum absolute atomic E-state index is 0.0566. The molecule has 5 nitrogen and oxygen atoms in total. The SMILES string of the molecule is O=C(C1COc2ccccc2O1)N1CCOC(c2cc(F)c(Cl)cc2Cl)C1. The van der Waals surface area contributed by atoms with Gasteiger partial charge in [-0.2, -0.15) is 0 Å². The van der Waals surface area contributed by atoms with Gasteiger partial charge in [0.1, 0.15) is 18.5 Å². The number of rotatable bonds is 2. The van der Waals surface area contributed by atoms with E-state index in [0.29, 0.717) is 35.2 Å². The van der Waals surface area contributed by atoms with Crippen molar-refractivity contribution in [2.45, 2.75) is 12.2 Å². The van der Waals surface area contributed by atoms with E-state index in [1.54, 1.807) is 17.0 Å². The fraction of sp³-hybridized carbons (Fsp3) is 0.316. The molecule has 1 amide bonds. The molecule has 2 aromatic rings. The van der Waals surface area contributed by atoms with E-state index < -0.39 is 18.0 Å². The third-order valence-corrected chi connectivity index (χ3v) is 5.17. The van der Waals surface area contributed by atoms with Crippen molar-refractivity contribution in [2.75, 3.05) is 26.3 Å². The van der Waals surface area contributed by atoms with Gasteiger partial charge in [-0.3, -0.25) is 4.79 Å². The number of hydrogen-bond donors (Lipinski definition) is 0. The van der Waals surface area contributed by atoms with Gasteiger partial charge in [-0.15, -0.1) is 0 Å². The first kappa shape index (κ1) is 18.3. The van der Waals surface area contributed by atoms with Gasteiger partial charge < -0.3 is 19.1 Å². The quantitative estimate of drug-likeness (QED) is 0.703. The molecule has 0 saturated carbocycles. The monoisotopic (exact) mass is 411 g/mol. The molecule has 1 fully saturated rings. The largest absolute Gasteiger partial charge is 0.485 e. The highest BCUT2D eigenvalue weighted by atomic mass is 35.5. The van der Waals surface area contributed by atoms with Gasteiger partial charge in [-0.05, 0) is 24.3 Å². The van der Waals surface area contributed by atoms with E-state index in [9.17, 15) is 9.18 Å². The van der Waals surface area contributed by atoms with E-state index in [1.165, 1.54) is 12.1 Å². The average molecular weight is 412 g/mol. The number of morpholine rings is 1. The zero-order chi connectivity index (χ0) is 19.0. The molecule has 0 aliphatic carbocycles. The highest BCUT2D eigenvalue weighted by Gasteiger charge is 2.35. The molecule has 2 aromatic carbocycles. The summed E-state index contributed by atoms with van der Waals surface area (Å²) in [6.45, 7) is 1.08. The zero-order valence-corrected chi connectivity index (χ0v) is 15.7. The number of carbonyl (C=O) groups is 1. The molecule has 0 radical (unpaired) electrons. The predicted molar refractivity (Wildman–Crippen MR) is 98.0 cm³/mol. The van der Waals surface area contributed by atoms with Crippen LogP contribution in [0.25, 0.3) is 0 Å². The summed E-state index contributed by atoms with van der Waals surface area (Å²) in [6.07, 6.45) is -1.28. The van der Waals surface area contributed by atoms with Gasteiger partial charge in [0.15, 0.2) is 11.5 Å². The summed E-state index contributed by atoms with van der Waals surface area (Å²) < 4.78 is 30.9. The van der Waals surface area contributed by atoms with E-state index in [2.05, 4.69) is 0 Å². The molecule has 2 aliphatic heterocycles. The molecule has 27 heavy (non-hydrogen) atoms. The Labute approximate surface area is 165 Å². The standard InChI is InChI=1S/C19H16Cl2FNO4/c20-12-8-13(21)14(22)7-11(12)17-9-23(5-6-25-17)19(24)18-10-26-15-3-1-2-4-16(15)27-18/h1-4,7-8,17-18H,5-6,9-10H2. The topological polar surface area (TPSA) is 48.0 Å². The van der Waals surface area contributed by atoms with Gasteiger partial charge in [0.2, 0.25) is 6.10 Å². The summed E-state index contributed by atoms with van der Waals surface area (Å²) in [5.41, 5.74) is 0.460. The normalized spacial score (nSPS) is 21.8. The fourth-order valence-electron chi connectivity index (χ4n) is 3.17. The van der Waals surface area contributed by atoms with Gasteiger partial charge in [0.05, 0.1) is 18.2 Å². The number of para-hydroxylation sites is 2. The molecule has 4 rings (SSSR count). The second kappa shape index (κ2) is 7.54. The molecule has 2 unspecified atom stereocenters. The van der Waals surface area contributed by atoms with E-state index >= 15 is 0 Å². The van der Waals surface area contributed by atoms with E-state index in [-0.39, 0.29) is 24.1 Å². The number of fused-ring (bicyclic) bond motifs is 1. The zero-order valence-electron chi connectivity index (χ0n) is 14.2. The Bertz CT molecular complexity index is 879. The third kappa shape index (κ3) is 3.70. The van der Waals surface area contributed by atoms with E-state index in [0.717, 1.165) is 0 Å². The number of carbonyl (C=O) groups excluding carboxylic acids is 1. The maximum atomic E-state index is 13.8. The highest BCUT2D eigenvalue weighted by Crippen LogP contribution is 2.34. The van der Waals surface area contributed by atoms with Crippen LogP contribution in [0.4, 0.5) is 4.39 Å². The van der Waals surface area contributed by atoms with Crippen molar-refractivity contribution in [1.29, 1.82) is 0 Å². The predicted octanol–water partition coefficient (Wildman–Crippen LogP) is 3.87. The maximum Gasteiger partial charge on any atom is 0.267 e. The van der Waals surface area contributed by atoms with Crippen LogP contribution in [-0.4, -0.2) is 43.2 Å². The molecule has 0 aromatic heterocycles. The van der Waals surface area contributed by atoms with Crippen LogP contribution in [-0.2, 0) is 9.53 Å². The first-order valence-corrected chi connectivity index (χ1v) is 9.22. The van der Waals surface area contributed by atoms with Crippen molar-refractivity contribution >= 4 is 29.1 Å². The summed E-state index contributed by atoms with van der Waals surface area (Å²) in [7, 11) is 0. The number of hydrogen-bond acceptors (Lipinski definition) is 4. The Hall–Kier alpha value is -2.02. The number of benzene rings is 2. The Balaban J connectivity index is 1.49.